The highest BCUT2D eigenvalue weighted by Crippen LogP contribution is 2.76. The number of rotatable bonds is 1. The van der Waals surface area contributed by atoms with Gasteiger partial charge < -0.3 is 39.0 Å². The van der Waals surface area contributed by atoms with Gasteiger partial charge in [-0.25, -0.2) is 4.79 Å². The van der Waals surface area contributed by atoms with Crippen LogP contribution < -0.4 is 0 Å². The summed E-state index contributed by atoms with van der Waals surface area (Å²) in [5.41, 5.74) is -5.04. The molecule has 4 saturated heterocycles. The lowest BCUT2D eigenvalue weighted by Crippen LogP contribution is -2.72. The molecule has 3 saturated carbocycles. The van der Waals surface area contributed by atoms with Crippen molar-refractivity contribution in [2.75, 3.05) is 0 Å². The first-order chi connectivity index (χ1) is 17.8. The number of aliphatic hydroxyl groups excluding tert-OH is 2. The summed E-state index contributed by atoms with van der Waals surface area (Å²) in [4.78, 5) is 24.7. The number of carbonyl (C=O) groups is 2. The average molecular weight is 533 g/mol. The van der Waals surface area contributed by atoms with Gasteiger partial charge in [-0.15, -0.1) is 0 Å². The van der Waals surface area contributed by atoms with Crippen molar-refractivity contribution in [2.24, 2.45) is 23.7 Å². The summed E-state index contributed by atoms with van der Waals surface area (Å²) < 4.78 is 31.2. The van der Waals surface area contributed by atoms with E-state index in [1.807, 2.05) is 13.8 Å². The number of cyclic esters (lactones) is 1. The van der Waals surface area contributed by atoms with Gasteiger partial charge in [0.1, 0.15) is 35.1 Å². The van der Waals surface area contributed by atoms with E-state index in [-0.39, 0.29) is 61.5 Å². The number of carbonyl (C=O) groups excluding carboxylic acids is 2. The standard InChI is InChI=1S/C28H36O10/c1-11-5-15(34-23(11)32)21-12(2)13-6-19-28(36-19)22-14(29)7-16-24(3,4)35-18-8-20(31)37-26(16,18)10-25(22,33)9-17(30)27(13,28)38-21/h5,12-19,21-22,29-30,33H,6-10H2,1-4H3/t12-,13+,14+,15+,16-,17-,18+,19-,21+,22+,25-,26+,27+,28+/m0/s1. The first kappa shape index (κ1) is 24.3. The molecule has 3 N–H and O–H groups in total. The third kappa shape index (κ3) is 2.49. The van der Waals surface area contributed by atoms with Crippen LogP contribution in [0, 0.1) is 23.7 Å². The lowest BCUT2D eigenvalue weighted by Gasteiger charge is -2.56. The molecule has 0 radical (unpaired) electrons. The van der Waals surface area contributed by atoms with Crippen molar-refractivity contribution < 1.29 is 48.6 Å². The van der Waals surface area contributed by atoms with E-state index in [4.69, 9.17) is 23.7 Å². The number of epoxide rings is 1. The highest BCUT2D eigenvalue weighted by atomic mass is 16.7. The van der Waals surface area contributed by atoms with Crippen LogP contribution in [0.4, 0.5) is 0 Å². The highest BCUT2D eigenvalue weighted by Gasteiger charge is 2.91. The van der Waals surface area contributed by atoms with E-state index in [1.165, 1.54) is 0 Å². The molecule has 0 bridgehead atoms. The van der Waals surface area contributed by atoms with E-state index in [1.54, 1.807) is 13.0 Å². The topological polar surface area (TPSA) is 144 Å². The summed E-state index contributed by atoms with van der Waals surface area (Å²) >= 11 is 0. The molecular weight excluding hydrogens is 496 g/mol. The van der Waals surface area contributed by atoms with Crippen LogP contribution >= 0.6 is 0 Å². The second-order valence-electron chi connectivity index (χ2n) is 13.9. The Hall–Kier alpha value is -1.56. The minimum absolute atomic E-state index is 0.0440. The van der Waals surface area contributed by atoms with Crippen molar-refractivity contribution in [3.8, 4) is 0 Å². The van der Waals surface area contributed by atoms with Crippen LogP contribution in [0.2, 0.25) is 0 Å². The van der Waals surface area contributed by atoms with Gasteiger partial charge in [0.15, 0.2) is 0 Å². The lowest BCUT2D eigenvalue weighted by molar-refractivity contribution is -0.269. The number of ether oxygens (including phenoxy) is 5. The third-order valence-corrected chi connectivity index (χ3v) is 11.8. The summed E-state index contributed by atoms with van der Waals surface area (Å²) in [6, 6.07) is 0. The van der Waals surface area contributed by atoms with Crippen LogP contribution in [0.5, 0.6) is 0 Å². The van der Waals surface area contributed by atoms with Crippen LogP contribution in [-0.2, 0) is 33.3 Å². The quantitative estimate of drug-likeness (QED) is 0.323. The largest absolute Gasteiger partial charge is 0.456 e. The molecule has 10 nitrogen and oxygen atoms in total. The van der Waals surface area contributed by atoms with Crippen LogP contribution in [0.15, 0.2) is 11.6 Å². The second-order valence-corrected chi connectivity index (χ2v) is 13.9. The second kappa shape index (κ2) is 6.83. The molecular formula is C28H36O10. The number of esters is 2. The van der Waals surface area contributed by atoms with E-state index in [0.29, 0.717) is 12.0 Å². The van der Waals surface area contributed by atoms with E-state index in [2.05, 4.69) is 6.92 Å². The van der Waals surface area contributed by atoms with Crippen molar-refractivity contribution in [3.63, 3.8) is 0 Å². The predicted octanol–water partition coefficient (Wildman–Crippen LogP) is 0.535. The number of hydrogen-bond acceptors (Lipinski definition) is 10. The Bertz CT molecular complexity index is 1180. The highest BCUT2D eigenvalue weighted by molar-refractivity contribution is 5.90. The van der Waals surface area contributed by atoms with Gasteiger partial charge in [-0.3, -0.25) is 4.79 Å². The fourth-order valence-corrected chi connectivity index (χ4v) is 10.6. The van der Waals surface area contributed by atoms with Crippen molar-refractivity contribution in [1.29, 1.82) is 0 Å². The molecule has 5 aliphatic heterocycles. The van der Waals surface area contributed by atoms with Crippen LogP contribution in [-0.4, -0.2) is 91.9 Å². The molecule has 0 unspecified atom stereocenters. The number of hydrogen-bond donors (Lipinski definition) is 3. The monoisotopic (exact) mass is 532 g/mol. The summed E-state index contributed by atoms with van der Waals surface area (Å²) in [6.45, 7) is 7.66. The van der Waals surface area contributed by atoms with Crippen molar-refractivity contribution >= 4 is 11.9 Å². The summed E-state index contributed by atoms with van der Waals surface area (Å²) in [6.07, 6.45) is -1.16. The van der Waals surface area contributed by atoms with E-state index in [0.717, 1.165) is 0 Å². The molecule has 0 amide bonds. The Morgan fingerprint density at radius 1 is 1.03 bits per heavy atom. The molecule has 8 rings (SSSR count). The van der Waals surface area contributed by atoms with Crippen LogP contribution in [0.1, 0.15) is 59.8 Å². The van der Waals surface area contributed by atoms with E-state index < -0.39 is 64.4 Å². The lowest BCUT2D eigenvalue weighted by atomic mass is 9.56. The van der Waals surface area contributed by atoms with Crippen LogP contribution in [0.25, 0.3) is 0 Å². The predicted molar refractivity (Wildman–Crippen MR) is 126 cm³/mol. The summed E-state index contributed by atoms with van der Waals surface area (Å²) in [5.74, 6) is -1.97. The van der Waals surface area contributed by atoms with Crippen molar-refractivity contribution in [2.45, 2.75) is 124 Å². The Morgan fingerprint density at radius 2 is 1.79 bits per heavy atom. The zero-order valence-electron chi connectivity index (χ0n) is 22.1. The molecule has 14 atom stereocenters. The summed E-state index contributed by atoms with van der Waals surface area (Å²) in [5, 5.41) is 36.3. The van der Waals surface area contributed by atoms with Gasteiger partial charge in [0.05, 0.1) is 35.9 Å². The Labute approximate surface area is 220 Å². The van der Waals surface area contributed by atoms with Gasteiger partial charge in [-0.2, -0.15) is 0 Å². The molecule has 5 heterocycles. The molecule has 0 aromatic heterocycles. The van der Waals surface area contributed by atoms with Gasteiger partial charge in [0.25, 0.3) is 0 Å². The van der Waals surface area contributed by atoms with Crippen molar-refractivity contribution in [3.05, 3.63) is 11.6 Å². The van der Waals surface area contributed by atoms with Gasteiger partial charge >= 0.3 is 11.9 Å². The van der Waals surface area contributed by atoms with Crippen molar-refractivity contribution in [1.82, 2.24) is 0 Å². The fraction of sp³-hybridized carbons (Fsp3) is 0.857. The molecule has 3 spiro atoms. The van der Waals surface area contributed by atoms with Gasteiger partial charge in [-0.05, 0) is 45.6 Å². The zero-order valence-corrected chi connectivity index (χ0v) is 22.1. The average Bonchev–Trinajstić information content (AvgIpc) is 2.99. The Balaban J connectivity index is 1.22. The van der Waals surface area contributed by atoms with Gasteiger partial charge in [0.2, 0.25) is 0 Å². The van der Waals surface area contributed by atoms with Gasteiger partial charge in [-0.1, -0.05) is 6.92 Å². The van der Waals surface area contributed by atoms with Gasteiger partial charge in [0, 0.05) is 36.2 Å². The Morgan fingerprint density at radius 3 is 2.50 bits per heavy atom. The molecule has 0 aromatic rings. The fourth-order valence-electron chi connectivity index (χ4n) is 10.6. The SMILES string of the molecule is CC1=C[C@H]([C@@H]2O[C@@]34[C@H](C[C@@H]5O[C@@]53[C@@H]3[C@H](O)C[C@H]5C(C)(C)O[C@@H]6CC(=O)O[C@@]65C[C@@]3(O)C[C@@H]4O)[C@@H]2C)OC1=O. The first-order valence-corrected chi connectivity index (χ1v) is 14.0. The molecule has 7 fully saturated rings. The Kier molecular flexibility index (Phi) is 4.36. The minimum Gasteiger partial charge on any atom is -0.456 e. The van der Waals surface area contributed by atoms with E-state index >= 15 is 0 Å². The minimum atomic E-state index is -1.57. The zero-order chi connectivity index (χ0) is 26.8. The molecule has 38 heavy (non-hydrogen) atoms. The van der Waals surface area contributed by atoms with Crippen LogP contribution in [0.3, 0.4) is 0 Å². The number of fused-ring (bicyclic) bond motifs is 1. The smallest absolute Gasteiger partial charge is 0.334 e. The first-order valence-electron chi connectivity index (χ1n) is 14.0. The van der Waals surface area contributed by atoms with E-state index in [9.17, 15) is 24.9 Å². The number of aliphatic hydroxyl groups is 3. The molecule has 208 valence electrons. The summed E-state index contributed by atoms with van der Waals surface area (Å²) in [7, 11) is 0. The molecule has 10 heteroatoms. The normalized spacial score (nSPS) is 61.0. The maximum absolute atomic E-state index is 12.5. The maximum Gasteiger partial charge on any atom is 0.334 e. The molecule has 0 aromatic carbocycles. The third-order valence-electron chi connectivity index (χ3n) is 11.8. The molecule has 8 aliphatic rings. The molecule has 3 aliphatic carbocycles. The maximum atomic E-state index is 12.5.